The van der Waals surface area contributed by atoms with Gasteiger partial charge in [-0.15, -0.1) is 11.3 Å². The molecule has 8 nitrogen and oxygen atoms in total. The zero-order chi connectivity index (χ0) is 25.0. The molecule has 4 N–H and O–H groups in total. The first-order valence-electron chi connectivity index (χ1n) is 10.1. The number of hydroxylamine groups is 1. The van der Waals surface area contributed by atoms with Crippen LogP contribution in [0.3, 0.4) is 0 Å². The molecule has 34 heavy (non-hydrogen) atoms. The van der Waals surface area contributed by atoms with Gasteiger partial charge in [-0.25, -0.2) is 14.7 Å². The number of hydrogen-bond donors (Lipinski definition) is 4. The van der Waals surface area contributed by atoms with Gasteiger partial charge in [0.25, 0.3) is 5.91 Å². The average Bonchev–Trinajstić information content (AvgIpc) is 3.44. The Hall–Kier alpha value is -3.03. The summed E-state index contributed by atoms with van der Waals surface area (Å²) >= 11 is 1.36. The van der Waals surface area contributed by atoms with Crippen molar-refractivity contribution in [2.75, 3.05) is 13.1 Å². The molecular formula is C21H21F4N3O5S. The van der Waals surface area contributed by atoms with Gasteiger partial charge >= 0.3 is 12.1 Å². The molecule has 13 heteroatoms. The van der Waals surface area contributed by atoms with Crippen molar-refractivity contribution < 1.29 is 42.3 Å². The Morgan fingerprint density at radius 1 is 1.18 bits per heavy atom. The SMILES string of the molecule is O=C(NO)c1cc2c(s1)CCN(C(=O)CN[C@@H]1C[C@H]1c1ccc(F)cc1)C2.O=C(O)C(F)(F)F. The average molecular weight is 503 g/mol. The molecule has 2 aliphatic rings. The minimum atomic E-state index is -5.08. The number of hydrogen-bond acceptors (Lipinski definition) is 6. The molecule has 1 saturated carbocycles. The van der Waals surface area contributed by atoms with E-state index in [0.29, 0.717) is 30.3 Å². The summed E-state index contributed by atoms with van der Waals surface area (Å²) in [7, 11) is 0. The number of nitrogens with one attached hydrogen (secondary N) is 2. The van der Waals surface area contributed by atoms with E-state index in [9.17, 15) is 27.2 Å². The van der Waals surface area contributed by atoms with E-state index in [0.717, 1.165) is 22.4 Å². The van der Waals surface area contributed by atoms with Crippen LogP contribution in [0.1, 0.15) is 38.0 Å². The van der Waals surface area contributed by atoms with Crippen LogP contribution >= 0.6 is 11.3 Å². The van der Waals surface area contributed by atoms with Crippen molar-refractivity contribution in [3.05, 3.63) is 57.0 Å². The quantitative estimate of drug-likeness (QED) is 0.283. The summed E-state index contributed by atoms with van der Waals surface area (Å²) in [5.41, 5.74) is 3.71. The molecule has 1 aromatic heterocycles. The van der Waals surface area contributed by atoms with Gasteiger partial charge in [-0.3, -0.25) is 14.8 Å². The third-order valence-electron chi connectivity index (χ3n) is 5.39. The first-order chi connectivity index (χ1) is 16.0. The van der Waals surface area contributed by atoms with Gasteiger partial charge in [-0.1, -0.05) is 12.1 Å². The van der Waals surface area contributed by atoms with Gasteiger partial charge in [-0.05, 0) is 42.2 Å². The van der Waals surface area contributed by atoms with Gasteiger partial charge in [0.15, 0.2) is 0 Å². The molecule has 0 radical (unpaired) electrons. The minimum Gasteiger partial charge on any atom is -0.475 e. The molecule has 1 aromatic carbocycles. The van der Waals surface area contributed by atoms with E-state index >= 15 is 0 Å². The number of carboxylic acid groups (broad SMARTS) is 1. The summed E-state index contributed by atoms with van der Waals surface area (Å²) in [6, 6.07) is 8.52. The van der Waals surface area contributed by atoms with E-state index in [-0.39, 0.29) is 24.3 Å². The van der Waals surface area contributed by atoms with Crippen LogP contribution in [0.15, 0.2) is 30.3 Å². The second kappa shape index (κ2) is 10.5. The number of alkyl halides is 3. The zero-order valence-corrected chi connectivity index (χ0v) is 18.4. The maximum Gasteiger partial charge on any atom is 0.490 e. The molecule has 2 atom stereocenters. The Morgan fingerprint density at radius 3 is 2.41 bits per heavy atom. The number of nitrogens with zero attached hydrogens (tertiary/aromatic N) is 1. The molecular weight excluding hydrogens is 482 g/mol. The summed E-state index contributed by atoms with van der Waals surface area (Å²) in [4.78, 5) is 36.3. The van der Waals surface area contributed by atoms with Crippen LogP contribution in [-0.2, 0) is 22.6 Å². The predicted molar refractivity (Wildman–Crippen MR) is 112 cm³/mol. The standard InChI is InChI=1S/C19H20FN3O3S.C2HF3O2/c20-13-3-1-11(2-4-13)14-8-15(14)21-9-18(24)23-6-5-16-12(10-23)7-17(27-16)19(25)22-26;3-2(4,5)1(6)7/h1-4,7,14-15,21,26H,5-6,8-10H2,(H,22,25);(H,6,7)/t14-,15+;/m0./s1. The second-order valence-corrected chi connectivity index (χ2v) is 8.89. The predicted octanol–water partition coefficient (Wildman–Crippen LogP) is 2.67. The van der Waals surface area contributed by atoms with Crippen molar-refractivity contribution in [1.29, 1.82) is 0 Å². The fourth-order valence-electron chi connectivity index (χ4n) is 3.54. The largest absolute Gasteiger partial charge is 0.490 e. The van der Waals surface area contributed by atoms with Crippen LogP contribution in [0.2, 0.25) is 0 Å². The number of carbonyl (C=O) groups excluding carboxylic acids is 2. The highest BCUT2D eigenvalue weighted by atomic mass is 32.1. The summed E-state index contributed by atoms with van der Waals surface area (Å²) in [5.74, 6) is -3.15. The first kappa shape index (κ1) is 25.6. The lowest BCUT2D eigenvalue weighted by Gasteiger charge is -2.27. The van der Waals surface area contributed by atoms with Crippen molar-refractivity contribution in [3.63, 3.8) is 0 Å². The highest BCUT2D eigenvalue weighted by Crippen LogP contribution is 2.40. The number of carboxylic acids is 1. The van der Waals surface area contributed by atoms with Crippen molar-refractivity contribution in [2.45, 2.75) is 37.5 Å². The van der Waals surface area contributed by atoms with Crippen LogP contribution < -0.4 is 10.8 Å². The lowest BCUT2D eigenvalue weighted by Crippen LogP contribution is -2.41. The van der Waals surface area contributed by atoms with Crippen molar-refractivity contribution >= 4 is 29.1 Å². The van der Waals surface area contributed by atoms with Gasteiger partial charge in [0, 0.05) is 29.9 Å². The summed E-state index contributed by atoms with van der Waals surface area (Å²) < 4.78 is 44.7. The maximum atomic E-state index is 13.0. The molecule has 0 saturated heterocycles. The van der Waals surface area contributed by atoms with Crippen molar-refractivity contribution in [3.8, 4) is 0 Å². The molecule has 1 aliphatic carbocycles. The van der Waals surface area contributed by atoms with Crippen LogP contribution in [-0.4, -0.2) is 58.3 Å². The van der Waals surface area contributed by atoms with E-state index < -0.39 is 18.1 Å². The number of benzene rings is 1. The van der Waals surface area contributed by atoms with Gasteiger partial charge in [-0.2, -0.15) is 13.2 Å². The fraction of sp³-hybridized carbons (Fsp3) is 0.381. The van der Waals surface area contributed by atoms with Gasteiger partial charge in [0.2, 0.25) is 5.91 Å². The molecule has 4 rings (SSSR count). The van der Waals surface area contributed by atoms with Crippen LogP contribution in [0.25, 0.3) is 0 Å². The molecule has 1 fully saturated rings. The number of aliphatic carboxylic acids is 1. The fourth-order valence-corrected chi connectivity index (χ4v) is 4.60. The Morgan fingerprint density at radius 2 is 1.82 bits per heavy atom. The number of carbonyl (C=O) groups is 3. The second-order valence-electron chi connectivity index (χ2n) is 7.75. The van der Waals surface area contributed by atoms with Gasteiger partial charge in [0.1, 0.15) is 5.82 Å². The highest BCUT2D eigenvalue weighted by molar-refractivity contribution is 7.14. The van der Waals surface area contributed by atoms with Crippen LogP contribution in [0, 0.1) is 5.82 Å². The Bertz CT molecular complexity index is 1060. The van der Waals surface area contributed by atoms with E-state index in [1.165, 1.54) is 23.5 Å². The molecule has 0 spiro atoms. The Balaban J connectivity index is 0.000000406. The van der Waals surface area contributed by atoms with Crippen molar-refractivity contribution in [1.82, 2.24) is 15.7 Å². The molecule has 2 heterocycles. The van der Waals surface area contributed by atoms with E-state index in [4.69, 9.17) is 15.1 Å². The smallest absolute Gasteiger partial charge is 0.475 e. The monoisotopic (exact) mass is 503 g/mol. The Kier molecular flexibility index (Phi) is 7.89. The molecule has 184 valence electrons. The third-order valence-corrected chi connectivity index (χ3v) is 6.63. The van der Waals surface area contributed by atoms with Crippen LogP contribution in [0.4, 0.5) is 17.6 Å². The molecule has 1 aliphatic heterocycles. The number of rotatable bonds is 5. The first-order valence-corrected chi connectivity index (χ1v) is 10.9. The number of thiophene rings is 1. The Labute approximate surface area is 195 Å². The van der Waals surface area contributed by atoms with E-state index in [1.54, 1.807) is 28.6 Å². The number of amides is 2. The van der Waals surface area contributed by atoms with Gasteiger partial charge in [0.05, 0.1) is 11.4 Å². The molecule has 2 amide bonds. The maximum absolute atomic E-state index is 13.0. The summed E-state index contributed by atoms with van der Waals surface area (Å²) in [6.07, 6.45) is -3.42. The van der Waals surface area contributed by atoms with Crippen LogP contribution in [0.5, 0.6) is 0 Å². The van der Waals surface area contributed by atoms with E-state index in [1.807, 2.05) is 0 Å². The normalized spacial score (nSPS) is 18.9. The molecule has 0 bridgehead atoms. The zero-order valence-electron chi connectivity index (χ0n) is 17.6. The third kappa shape index (κ3) is 6.52. The topological polar surface area (TPSA) is 119 Å². The van der Waals surface area contributed by atoms with E-state index in [2.05, 4.69) is 5.32 Å². The summed E-state index contributed by atoms with van der Waals surface area (Å²) in [5, 5.41) is 19.2. The highest BCUT2D eigenvalue weighted by Gasteiger charge is 2.39. The number of fused-ring (bicyclic) bond motifs is 1. The van der Waals surface area contributed by atoms with Crippen molar-refractivity contribution in [2.24, 2.45) is 0 Å². The minimum absolute atomic E-state index is 0.0322. The lowest BCUT2D eigenvalue weighted by atomic mass is 10.1. The number of halogens is 4. The lowest BCUT2D eigenvalue weighted by molar-refractivity contribution is -0.192. The van der Waals surface area contributed by atoms with Gasteiger partial charge < -0.3 is 15.3 Å². The molecule has 0 unspecified atom stereocenters. The summed E-state index contributed by atoms with van der Waals surface area (Å²) in [6.45, 7) is 1.38. The molecule has 2 aromatic rings.